The van der Waals surface area contributed by atoms with Gasteiger partial charge in [-0.25, -0.2) is 12.8 Å². The van der Waals surface area contributed by atoms with Crippen LogP contribution in [0.3, 0.4) is 0 Å². The molecule has 206 valence electrons. The molecule has 10 heteroatoms. The van der Waals surface area contributed by atoms with Gasteiger partial charge in [0.15, 0.2) is 4.90 Å². The Balaban J connectivity index is 1.88. The fourth-order valence-electron chi connectivity index (χ4n) is 4.74. The van der Waals surface area contributed by atoms with Gasteiger partial charge >= 0.3 is 0 Å². The summed E-state index contributed by atoms with van der Waals surface area (Å²) in [6.07, 6.45) is 3.68. The second-order valence-corrected chi connectivity index (χ2v) is 11.3. The predicted octanol–water partition coefficient (Wildman–Crippen LogP) is 5.50. The van der Waals surface area contributed by atoms with Crippen molar-refractivity contribution in [1.82, 2.24) is 14.5 Å². The van der Waals surface area contributed by atoms with Crippen molar-refractivity contribution in [3.8, 4) is 23.1 Å². The number of nitrogens with zero attached hydrogens (tertiary/aromatic N) is 4. The first-order chi connectivity index (χ1) is 19.1. The molecule has 1 atom stereocenters. The van der Waals surface area contributed by atoms with Crippen molar-refractivity contribution in [1.29, 1.82) is 5.26 Å². The zero-order valence-electron chi connectivity index (χ0n) is 22.4. The fourth-order valence-corrected chi connectivity index (χ4v) is 6.08. The van der Waals surface area contributed by atoms with Gasteiger partial charge in [0, 0.05) is 23.9 Å². The van der Waals surface area contributed by atoms with Gasteiger partial charge in [0.05, 0.1) is 16.5 Å². The van der Waals surface area contributed by atoms with Gasteiger partial charge in [0.2, 0.25) is 15.7 Å². The van der Waals surface area contributed by atoms with Gasteiger partial charge in [-0.15, -0.1) is 0 Å². The smallest absolute Gasteiger partial charge is 0.296 e. The van der Waals surface area contributed by atoms with E-state index < -0.39 is 38.0 Å². The number of nitriles is 1. The summed E-state index contributed by atoms with van der Waals surface area (Å²) in [6.45, 7) is 5.58. The maximum absolute atomic E-state index is 14.5. The molecule has 1 N–H and O–H groups in total. The Kier molecular flexibility index (Phi) is 8.45. The highest BCUT2D eigenvalue weighted by Crippen LogP contribution is 2.34. The summed E-state index contributed by atoms with van der Waals surface area (Å²) in [6, 6.07) is 14.7. The van der Waals surface area contributed by atoms with Gasteiger partial charge in [0.1, 0.15) is 17.7 Å². The molecular weight excluding hydrogens is 531 g/mol. The van der Waals surface area contributed by atoms with E-state index in [1.165, 1.54) is 28.8 Å². The Bertz CT molecular complexity index is 1760. The lowest BCUT2D eigenvalue weighted by Gasteiger charge is -2.25. The van der Waals surface area contributed by atoms with E-state index in [0.29, 0.717) is 24.8 Å². The van der Waals surface area contributed by atoms with E-state index in [9.17, 15) is 22.7 Å². The minimum absolute atomic E-state index is 0.139. The summed E-state index contributed by atoms with van der Waals surface area (Å²) >= 11 is 0. The molecule has 0 amide bonds. The third-order valence-electron chi connectivity index (χ3n) is 6.84. The molecule has 2 aromatic heterocycles. The molecule has 0 unspecified atom stereocenters. The lowest BCUT2D eigenvalue weighted by atomic mass is 10.0. The van der Waals surface area contributed by atoms with Crippen molar-refractivity contribution in [3.63, 3.8) is 0 Å². The summed E-state index contributed by atoms with van der Waals surface area (Å²) in [5, 5.41) is 20.6. The van der Waals surface area contributed by atoms with Crippen LogP contribution in [-0.2, 0) is 16.3 Å². The van der Waals surface area contributed by atoms with Crippen LogP contribution in [0.5, 0.6) is 5.88 Å². The number of halogens is 1. The van der Waals surface area contributed by atoms with E-state index in [1.54, 1.807) is 43.5 Å². The molecule has 4 rings (SSSR count). The second-order valence-electron chi connectivity index (χ2n) is 9.40. The van der Waals surface area contributed by atoms with Crippen molar-refractivity contribution in [2.24, 2.45) is 0 Å². The average Bonchev–Trinajstić information content (AvgIpc) is 2.94. The molecule has 0 bridgehead atoms. The maximum atomic E-state index is 14.5. The molecule has 2 heterocycles. The van der Waals surface area contributed by atoms with Crippen molar-refractivity contribution < 1.29 is 17.9 Å². The SMILES string of the molecule is CCCCc1nc(=O)c(S(=O)(=O)c2ccc(-c3cccnc3C)cc2)c(O)n1[C@@H](CC)c1ccc(C#N)c(F)c1. The highest BCUT2D eigenvalue weighted by atomic mass is 32.2. The summed E-state index contributed by atoms with van der Waals surface area (Å²) in [7, 11) is -4.49. The molecule has 4 aromatic rings. The van der Waals surface area contributed by atoms with Crippen LogP contribution in [0.4, 0.5) is 4.39 Å². The predicted molar refractivity (Wildman–Crippen MR) is 148 cm³/mol. The quantitative estimate of drug-likeness (QED) is 0.286. The summed E-state index contributed by atoms with van der Waals surface area (Å²) in [4.78, 5) is 20.5. The zero-order valence-corrected chi connectivity index (χ0v) is 23.2. The Morgan fingerprint density at radius 3 is 2.45 bits per heavy atom. The van der Waals surface area contributed by atoms with E-state index in [1.807, 2.05) is 19.9 Å². The van der Waals surface area contributed by atoms with Crippen LogP contribution in [0.25, 0.3) is 11.1 Å². The lowest BCUT2D eigenvalue weighted by molar-refractivity contribution is 0.358. The topological polar surface area (TPSA) is 126 Å². The molecule has 0 saturated carbocycles. The van der Waals surface area contributed by atoms with Crippen molar-refractivity contribution >= 4 is 9.84 Å². The van der Waals surface area contributed by atoms with Crippen LogP contribution in [0, 0.1) is 24.1 Å². The van der Waals surface area contributed by atoms with Gasteiger partial charge in [-0.2, -0.15) is 10.2 Å². The third kappa shape index (κ3) is 5.38. The first-order valence-electron chi connectivity index (χ1n) is 12.9. The van der Waals surface area contributed by atoms with Crippen LogP contribution in [0.2, 0.25) is 0 Å². The Morgan fingerprint density at radius 2 is 1.85 bits per heavy atom. The fraction of sp³-hybridized carbons (Fsp3) is 0.267. The number of hydrogen-bond acceptors (Lipinski definition) is 7. The Morgan fingerprint density at radius 1 is 1.12 bits per heavy atom. The molecule has 0 aliphatic carbocycles. The third-order valence-corrected chi connectivity index (χ3v) is 8.62. The van der Waals surface area contributed by atoms with Crippen LogP contribution in [0.15, 0.2) is 75.4 Å². The average molecular weight is 561 g/mol. The maximum Gasteiger partial charge on any atom is 0.296 e. The van der Waals surface area contributed by atoms with E-state index >= 15 is 0 Å². The van der Waals surface area contributed by atoms with E-state index in [0.717, 1.165) is 23.2 Å². The number of hydrogen-bond donors (Lipinski definition) is 1. The lowest BCUT2D eigenvalue weighted by Crippen LogP contribution is -2.27. The van der Waals surface area contributed by atoms with Gasteiger partial charge < -0.3 is 5.11 Å². The molecule has 2 aromatic carbocycles. The van der Waals surface area contributed by atoms with Crippen LogP contribution < -0.4 is 5.56 Å². The standard InChI is InChI=1S/C30H29FN4O4S/c1-4-6-9-27-34-29(36)28(30(37)35(27)26(5-2)21-10-11-22(18-32)25(31)17-21)40(38,39)23-14-12-20(13-15-23)24-8-7-16-33-19(24)3/h7-8,10-17,26,37H,4-6,9H2,1-3H3/t26-/m0/s1. The number of aromatic hydroxyl groups is 1. The number of pyridine rings is 1. The molecule has 0 aliphatic rings. The van der Waals surface area contributed by atoms with E-state index in [4.69, 9.17) is 5.26 Å². The van der Waals surface area contributed by atoms with Crippen molar-refractivity contribution in [3.05, 3.63) is 99.6 Å². The van der Waals surface area contributed by atoms with Gasteiger partial charge in [0.25, 0.3) is 5.56 Å². The number of rotatable bonds is 9. The highest BCUT2D eigenvalue weighted by Gasteiger charge is 2.32. The number of benzene rings is 2. The van der Waals surface area contributed by atoms with Gasteiger partial charge in [-0.3, -0.25) is 14.3 Å². The van der Waals surface area contributed by atoms with E-state index in [2.05, 4.69) is 9.97 Å². The number of unbranched alkanes of at least 4 members (excludes halogenated alkanes) is 1. The van der Waals surface area contributed by atoms with Crippen LogP contribution >= 0.6 is 0 Å². The van der Waals surface area contributed by atoms with Gasteiger partial charge in [-0.05, 0) is 61.2 Å². The summed E-state index contributed by atoms with van der Waals surface area (Å²) in [5.41, 5.74) is 1.55. The van der Waals surface area contributed by atoms with Gasteiger partial charge in [-0.1, -0.05) is 44.5 Å². The van der Waals surface area contributed by atoms with Crippen molar-refractivity contribution in [2.75, 3.05) is 0 Å². The number of sulfone groups is 1. The van der Waals surface area contributed by atoms with Crippen LogP contribution in [-0.4, -0.2) is 28.1 Å². The molecule has 0 saturated heterocycles. The largest absolute Gasteiger partial charge is 0.493 e. The molecule has 0 radical (unpaired) electrons. The molecule has 0 fully saturated rings. The Labute approximate surface area is 232 Å². The highest BCUT2D eigenvalue weighted by molar-refractivity contribution is 7.91. The molecule has 8 nitrogen and oxygen atoms in total. The zero-order chi connectivity index (χ0) is 29.0. The van der Waals surface area contributed by atoms with Crippen molar-refractivity contribution in [2.45, 2.75) is 62.3 Å². The first-order valence-corrected chi connectivity index (χ1v) is 14.4. The minimum Gasteiger partial charge on any atom is -0.493 e. The summed E-state index contributed by atoms with van der Waals surface area (Å²) < 4.78 is 43.3. The molecule has 40 heavy (non-hydrogen) atoms. The number of aromatic nitrogens is 3. The molecule has 0 spiro atoms. The summed E-state index contributed by atoms with van der Waals surface area (Å²) in [5.74, 6) is -1.30. The van der Waals surface area contributed by atoms with E-state index in [-0.39, 0.29) is 16.3 Å². The number of aryl methyl sites for hydroxylation is 2. The minimum atomic E-state index is -4.49. The Hall–Kier alpha value is -4.36. The van der Waals surface area contributed by atoms with Crippen LogP contribution in [0.1, 0.15) is 61.8 Å². The first kappa shape index (κ1) is 28.6. The monoisotopic (exact) mass is 560 g/mol. The molecule has 0 aliphatic heterocycles. The molecular formula is C30H29FN4O4S. The normalized spacial score (nSPS) is 12.2. The second kappa shape index (κ2) is 11.8.